The molecule has 0 atom stereocenters. The molecule has 22 heavy (non-hydrogen) atoms. The number of hydrogen-bond acceptors (Lipinski definition) is 4. The van der Waals surface area contributed by atoms with Gasteiger partial charge in [-0.1, -0.05) is 29.3 Å². The summed E-state index contributed by atoms with van der Waals surface area (Å²) in [5.41, 5.74) is 3.18. The van der Waals surface area contributed by atoms with Crippen molar-refractivity contribution in [3.63, 3.8) is 0 Å². The first-order chi connectivity index (χ1) is 10.4. The highest BCUT2D eigenvalue weighted by Crippen LogP contribution is 2.22. The predicted octanol–water partition coefficient (Wildman–Crippen LogP) is 2.31. The minimum Gasteiger partial charge on any atom is -0.481 e. The molecule has 8 heteroatoms. The van der Waals surface area contributed by atoms with Crippen LogP contribution in [0.5, 0.6) is 0 Å². The number of aromatic nitrogens is 1. The lowest BCUT2D eigenvalue weighted by molar-refractivity contribution is -0.136. The first-order valence-electron chi connectivity index (χ1n) is 6.00. The van der Waals surface area contributed by atoms with Crippen LogP contribution in [-0.2, 0) is 11.2 Å². The lowest BCUT2D eigenvalue weighted by atomic mass is 10.1. The molecule has 0 unspecified atom stereocenters. The van der Waals surface area contributed by atoms with Crippen molar-refractivity contribution in [1.82, 2.24) is 10.4 Å². The van der Waals surface area contributed by atoms with Gasteiger partial charge in [-0.15, -0.1) is 0 Å². The van der Waals surface area contributed by atoms with Crippen LogP contribution in [-0.4, -0.2) is 22.0 Å². The van der Waals surface area contributed by atoms with Gasteiger partial charge in [0, 0.05) is 18.0 Å². The molecule has 0 saturated heterocycles. The molecular weight excluding hydrogens is 329 g/mol. The third-order valence-electron chi connectivity index (χ3n) is 2.41. The van der Waals surface area contributed by atoms with Crippen molar-refractivity contribution in [2.24, 2.45) is 5.84 Å². The Balaban J connectivity index is 0.000000224. The minimum absolute atomic E-state index is 0.0309. The first-order valence-corrected chi connectivity index (χ1v) is 6.76. The maximum absolute atomic E-state index is 10.7. The van der Waals surface area contributed by atoms with Crippen LogP contribution in [0.25, 0.3) is 0 Å². The molecule has 1 amide bonds. The maximum Gasteiger partial charge on any atom is 0.307 e. The lowest BCUT2D eigenvalue weighted by Crippen LogP contribution is -2.29. The molecule has 0 aliphatic carbocycles. The van der Waals surface area contributed by atoms with Crippen molar-refractivity contribution < 1.29 is 14.7 Å². The Kier molecular flexibility index (Phi) is 7.31. The lowest BCUT2D eigenvalue weighted by Gasteiger charge is -1.98. The standard InChI is InChI=1S/C8H6Cl2O2.C6H7N3O/c9-6-2-1-5(3-7(6)10)4-8(11)12;7-9-6(10)5-1-3-8-4-2-5/h1-3H,4H2,(H,11,12);1-4H,7H2,(H,9,10). The summed E-state index contributed by atoms with van der Waals surface area (Å²) in [6.45, 7) is 0. The highest BCUT2D eigenvalue weighted by atomic mass is 35.5. The van der Waals surface area contributed by atoms with E-state index in [0.717, 1.165) is 0 Å². The number of nitrogens with zero attached hydrogens (tertiary/aromatic N) is 1. The number of nitrogen functional groups attached to an aromatic ring is 1. The number of hydrogen-bond donors (Lipinski definition) is 3. The number of halogens is 2. The molecule has 1 aromatic heterocycles. The Labute approximate surface area is 136 Å². The van der Waals surface area contributed by atoms with E-state index in [1.807, 2.05) is 5.43 Å². The third-order valence-corrected chi connectivity index (χ3v) is 3.15. The monoisotopic (exact) mass is 341 g/mol. The van der Waals surface area contributed by atoms with Crippen LogP contribution >= 0.6 is 23.2 Å². The van der Waals surface area contributed by atoms with E-state index in [2.05, 4.69) is 4.98 Å². The number of benzene rings is 1. The van der Waals surface area contributed by atoms with Crippen LogP contribution in [0.15, 0.2) is 42.7 Å². The molecule has 0 bridgehead atoms. The van der Waals surface area contributed by atoms with E-state index in [1.54, 1.807) is 30.3 Å². The Bertz CT molecular complexity index is 651. The normalized spacial score (nSPS) is 9.41. The van der Waals surface area contributed by atoms with Crippen LogP contribution in [0, 0.1) is 0 Å². The second-order valence-electron chi connectivity index (χ2n) is 4.03. The molecule has 0 aliphatic rings. The highest BCUT2D eigenvalue weighted by Gasteiger charge is 2.03. The number of amides is 1. The Hall–Kier alpha value is -2.15. The summed E-state index contributed by atoms with van der Waals surface area (Å²) in [5, 5.41) is 9.27. The van der Waals surface area contributed by atoms with Crippen LogP contribution in [0.4, 0.5) is 0 Å². The van der Waals surface area contributed by atoms with Crippen molar-refractivity contribution in [3.05, 3.63) is 63.9 Å². The van der Waals surface area contributed by atoms with Gasteiger partial charge in [-0.25, -0.2) is 5.84 Å². The number of carbonyl (C=O) groups is 2. The zero-order chi connectivity index (χ0) is 16.5. The Morgan fingerprint density at radius 1 is 1.14 bits per heavy atom. The number of carbonyl (C=O) groups excluding carboxylic acids is 1. The number of pyridine rings is 1. The quantitative estimate of drug-likeness (QED) is 0.451. The van der Waals surface area contributed by atoms with E-state index in [9.17, 15) is 9.59 Å². The molecule has 0 saturated carbocycles. The topological polar surface area (TPSA) is 105 Å². The molecule has 0 radical (unpaired) electrons. The number of aliphatic carboxylic acids is 1. The van der Waals surface area contributed by atoms with Gasteiger partial charge in [-0.3, -0.25) is 20.0 Å². The zero-order valence-electron chi connectivity index (χ0n) is 11.3. The summed E-state index contributed by atoms with van der Waals surface area (Å²) in [7, 11) is 0. The van der Waals surface area contributed by atoms with E-state index in [-0.39, 0.29) is 12.3 Å². The first kappa shape index (κ1) is 17.9. The molecule has 116 valence electrons. The van der Waals surface area contributed by atoms with Crippen LogP contribution in [0.3, 0.4) is 0 Å². The van der Waals surface area contributed by atoms with Gasteiger partial charge in [-0.05, 0) is 29.8 Å². The molecule has 1 heterocycles. The number of nitrogens with one attached hydrogen (secondary N) is 1. The molecule has 0 aliphatic heterocycles. The van der Waals surface area contributed by atoms with Gasteiger partial charge in [0.25, 0.3) is 5.91 Å². The maximum atomic E-state index is 10.7. The summed E-state index contributed by atoms with van der Waals surface area (Å²) < 4.78 is 0. The van der Waals surface area contributed by atoms with Crippen molar-refractivity contribution in [3.8, 4) is 0 Å². The smallest absolute Gasteiger partial charge is 0.307 e. The fraction of sp³-hybridized carbons (Fsp3) is 0.0714. The van der Waals surface area contributed by atoms with Crippen molar-refractivity contribution in [2.45, 2.75) is 6.42 Å². The number of carboxylic acids is 1. The van der Waals surface area contributed by atoms with Gasteiger partial charge in [0.05, 0.1) is 16.5 Å². The molecule has 6 nitrogen and oxygen atoms in total. The summed E-state index contributed by atoms with van der Waals surface area (Å²) >= 11 is 11.3. The van der Waals surface area contributed by atoms with Crippen LogP contribution in [0.2, 0.25) is 10.0 Å². The van der Waals surface area contributed by atoms with E-state index < -0.39 is 5.97 Å². The fourth-order valence-corrected chi connectivity index (χ4v) is 1.73. The zero-order valence-corrected chi connectivity index (χ0v) is 12.8. The summed E-state index contributed by atoms with van der Waals surface area (Å²) in [6, 6.07) is 7.95. The van der Waals surface area contributed by atoms with Crippen molar-refractivity contribution in [2.75, 3.05) is 0 Å². The van der Waals surface area contributed by atoms with Crippen molar-refractivity contribution in [1.29, 1.82) is 0 Å². The average Bonchev–Trinajstić information content (AvgIpc) is 2.51. The number of rotatable bonds is 3. The molecule has 0 spiro atoms. The van der Waals surface area contributed by atoms with E-state index >= 15 is 0 Å². The Morgan fingerprint density at radius 3 is 2.27 bits per heavy atom. The molecule has 1 aromatic carbocycles. The van der Waals surface area contributed by atoms with Crippen molar-refractivity contribution >= 4 is 35.1 Å². The van der Waals surface area contributed by atoms with Gasteiger partial charge in [-0.2, -0.15) is 0 Å². The van der Waals surface area contributed by atoms with Gasteiger partial charge in [0.15, 0.2) is 0 Å². The molecule has 2 rings (SSSR count). The summed E-state index contributed by atoms with van der Waals surface area (Å²) in [5.74, 6) is 3.70. The third kappa shape index (κ3) is 6.09. The minimum atomic E-state index is -0.881. The largest absolute Gasteiger partial charge is 0.481 e. The van der Waals surface area contributed by atoms with Gasteiger partial charge in [0.2, 0.25) is 0 Å². The number of hydrazine groups is 1. The van der Waals surface area contributed by atoms with Crippen LogP contribution < -0.4 is 11.3 Å². The van der Waals surface area contributed by atoms with Gasteiger partial charge >= 0.3 is 5.97 Å². The molecule has 0 fully saturated rings. The van der Waals surface area contributed by atoms with E-state index in [1.165, 1.54) is 12.4 Å². The summed E-state index contributed by atoms with van der Waals surface area (Å²) in [6.07, 6.45) is 3.03. The van der Waals surface area contributed by atoms with Crippen LogP contribution in [0.1, 0.15) is 15.9 Å². The second-order valence-corrected chi connectivity index (χ2v) is 4.84. The molecule has 2 aromatic rings. The SMILES string of the molecule is NNC(=O)c1ccncc1.O=C(O)Cc1ccc(Cl)c(Cl)c1. The number of nitrogens with two attached hydrogens (primary N) is 1. The fourth-order valence-electron chi connectivity index (χ4n) is 1.41. The molecule has 4 N–H and O–H groups in total. The van der Waals surface area contributed by atoms with Gasteiger partial charge in [0.1, 0.15) is 0 Å². The predicted molar refractivity (Wildman–Crippen MR) is 83.7 cm³/mol. The Morgan fingerprint density at radius 2 is 1.77 bits per heavy atom. The average molecular weight is 342 g/mol. The highest BCUT2D eigenvalue weighted by molar-refractivity contribution is 6.42. The molecular formula is C14H13Cl2N3O3. The van der Waals surface area contributed by atoms with E-state index in [4.69, 9.17) is 34.2 Å². The van der Waals surface area contributed by atoms with E-state index in [0.29, 0.717) is 21.2 Å². The van der Waals surface area contributed by atoms with Gasteiger partial charge < -0.3 is 5.11 Å². The number of carboxylic acid groups (broad SMARTS) is 1. The second kappa shape index (κ2) is 8.99. The summed E-state index contributed by atoms with van der Waals surface area (Å²) in [4.78, 5) is 24.8.